The second-order valence-corrected chi connectivity index (χ2v) is 5.65. The van der Waals surface area contributed by atoms with Gasteiger partial charge in [-0.15, -0.1) is 0 Å². The molecule has 2 aliphatic rings. The molecule has 1 N–H and O–H groups in total. The van der Waals surface area contributed by atoms with E-state index in [1.807, 2.05) is 11.7 Å². The number of nitrogens with zero attached hydrogens (tertiary/aromatic N) is 2. The number of aliphatic hydroxyl groups is 1. The van der Waals surface area contributed by atoms with Crippen molar-refractivity contribution < 1.29 is 9.84 Å². The average molecular weight is 250 g/mol. The molecular formula is C14H22N2O2. The number of aryl methyl sites for hydroxylation is 2. The largest absolute Gasteiger partial charge is 0.392 e. The summed E-state index contributed by atoms with van der Waals surface area (Å²) >= 11 is 0. The summed E-state index contributed by atoms with van der Waals surface area (Å²) in [7, 11) is 1.96. The van der Waals surface area contributed by atoms with Crippen molar-refractivity contribution in [1.29, 1.82) is 0 Å². The van der Waals surface area contributed by atoms with Crippen molar-refractivity contribution in [3.05, 3.63) is 17.5 Å². The molecule has 1 aromatic rings. The van der Waals surface area contributed by atoms with Gasteiger partial charge in [0.15, 0.2) is 0 Å². The molecule has 4 heteroatoms. The van der Waals surface area contributed by atoms with E-state index >= 15 is 0 Å². The zero-order valence-electron chi connectivity index (χ0n) is 11.2. The summed E-state index contributed by atoms with van der Waals surface area (Å²) in [5.74, 6) is 0.323. The fourth-order valence-corrected chi connectivity index (χ4v) is 3.38. The molecular weight excluding hydrogens is 228 g/mol. The summed E-state index contributed by atoms with van der Waals surface area (Å²) in [6.07, 6.45) is 5.39. The lowest BCUT2D eigenvalue weighted by atomic mass is 9.83. The van der Waals surface area contributed by atoms with Crippen molar-refractivity contribution in [2.75, 3.05) is 0 Å². The molecule has 2 bridgehead atoms. The number of rotatable bonds is 4. The van der Waals surface area contributed by atoms with E-state index in [2.05, 4.69) is 18.1 Å². The van der Waals surface area contributed by atoms with Crippen LogP contribution in [0.25, 0.3) is 0 Å². The first-order chi connectivity index (χ1) is 8.67. The maximum Gasteiger partial charge on any atom is 0.0649 e. The van der Waals surface area contributed by atoms with E-state index < -0.39 is 0 Å². The first-order valence-electron chi connectivity index (χ1n) is 7.02. The molecule has 0 saturated carbocycles. The Morgan fingerprint density at radius 1 is 1.56 bits per heavy atom. The van der Waals surface area contributed by atoms with E-state index in [0.717, 1.165) is 30.7 Å². The van der Waals surface area contributed by atoms with Crippen LogP contribution in [0.1, 0.15) is 37.6 Å². The monoisotopic (exact) mass is 250 g/mol. The van der Waals surface area contributed by atoms with E-state index in [0.29, 0.717) is 24.5 Å². The average Bonchev–Trinajstić information content (AvgIpc) is 3.05. The Hall–Kier alpha value is -0.870. The highest BCUT2D eigenvalue weighted by Gasteiger charge is 2.43. The van der Waals surface area contributed by atoms with Crippen molar-refractivity contribution in [3.63, 3.8) is 0 Å². The highest BCUT2D eigenvalue weighted by molar-refractivity contribution is 5.12. The normalized spacial score (nSPS) is 32.1. The minimum absolute atomic E-state index is 0.291. The molecule has 2 fully saturated rings. The molecule has 0 spiro atoms. The summed E-state index contributed by atoms with van der Waals surface area (Å²) in [5, 5.41) is 14.8. The van der Waals surface area contributed by atoms with Crippen LogP contribution in [0, 0.1) is 5.92 Å². The second-order valence-electron chi connectivity index (χ2n) is 5.65. The van der Waals surface area contributed by atoms with E-state index in [4.69, 9.17) is 4.74 Å². The summed E-state index contributed by atoms with van der Waals surface area (Å²) < 4.78 is 7.72. The first-order valence-corrected chi connectivity index (χ1v) is 7.02. The number of fused-ring (bicyclic) bond motifs is 2. The molecule has 3 heterocycles. The maximum atomic E-state index is 10.4. The van der Waals surface area contributed by atoms with Gasteiger partial charge in [0.05, 0.1) is 24.0 Å². The Balaban J connectivity index is 1.66. The van der Waals surface area contributed by atoms with Gasteiger partial charge >= 0.3 is 0 Å². The predicted molar refractivity (Wildman–Crippen MR) is 68.3 cm³/mol. The number of aliphatic hydroxyl groups excluding tert-OH is 1. The van der Waals surface area contributed by atoms with Crippen LogP contribution >= 0.6 is 0 Å². The molecule has 1 aromatic heterocycles. The lowest BCUT2D eigenvalue weighted by Crippen LogP contribution is -2.31. The summed E-state index contributed by atoms with van der Waals surface area (Å²) in [4.78, 5) is 0. The number of hydrogen-bond acceptors (Lipinski definition) is 3. The highest BCUT2D eigenvalue weighted by atomic mass is 16.5. The Bertz CT molecular complexity index is 429. The molecule has 0 aromatic carbocycles. The number of hydrogen-bond donors (Lipinski definition) is 1. The first kappa shape index (κ1) is 12.2. The van der Waals surface area contributed by atoms with Gasteiger partial charge in [0.25, 0.3) is 0 Å². The van der Waals surface area contributed by atoms with Gasteiger partial charge in [-0.25, -0.2) is 0 Å². The number of aromatic nitrogens is 2. The van der Waals surface area contributed by atoms with Gasteiger partial charge in [-0.05, 0) is 31.7 Å². The van der Waals surface area contributed by atoms with Crippen LogP contribution in [0.15, 0.2) is 6.07 Å². The second kappa shape index (κ2) is 4.67. The molecule has 2 saturated heterocycles. The SMILES string of the molecule is CCc1cc(CC(O)C2CC3CCC2O3)n(C)n1. The van der Waals surface area contributed by atoms with Crippen LogP contribution in [0.3, 0.4) is 0 Å². The van der Waals surface area contributed by atoms with Crippen LogP contribution in [0.5, 0.6) is 0 Å². The molecule has 0 aliphatic carbocycles. The molecule has 4 nitrogen and oxygen atoms in total. The maximum absolute atomic E-state index is 10.4. The Kier molecular flexibility index (Phi) is 3.16. The van der Waals surface area contributed by atoms with Crippen LogP contribution in [-0.2, 0) is 24.6 Å². The molecule has 4 unspecified atom stereocenters. The summed E-state index contributed by atoms with van der Waals surface area (Å²) in [6, 6.07) is 2.11. The van der Waals surface area contributed by atoms with Crippen LogP contribution < -0.4 is 0 Å². The zero-order chi connectivity index (χ0) is 12.7. The van der Waals surface area contributed by atoms with Gasteiger partial charge in [0.1, 0.15) is 0 Å². The molecule has 0 radical (unpaired) electrons. The van der Waals surface area contributed by atoms with Crippen molar-refractivity contribution in [3.8, 4) is 0 Å². The van der Waals surface area contributed by atoms with Gasteiger partial charge in [-0.3, -0.25) is 4.68 Å². The lowest BCUT2D eigenvalue weighted by molar-refractivity contribution is 0.0423. The third-order valence-electron chi connectivity index (χ3n) is 4.46. The fraction of sp³-hybridized carbons (Fsp3) is 0.786. The van der Waals surface area contributed by atoms with Crippen molar-refractivity contribution in [1.82, 2.24) is 9.78 Å². The van der Waals surface area contributed by atoms with Gasteiger partial charge in [0.2, 0.25) is 0 Å². The summed E-state index contributed by atoms with van der Waals surface area (Å²) in [5.41, 5.74) is 2.23. The van der Waals surface area contributed by atoms with E-state index in [1.54, 1.807) is 0 Å². The van der Waals surface area contributed by atoms with Crippen LogP contribution in [0.4, 0.5) is 0 Å². The smallest absolute Gasteiger partial charge is 0.0649 e. The van der Waals surface area contributed by atoms with Gasteiger partial charge < -0.3 is 9.84 Å². The van der Waals surface area contributed by atoms with Crippen molar-refractivity contribution in [2.24, 2.45) is 13.0 Å². The van der Waals surface area contributed by atoms with Crippen LogP contribution in [-0.4, -0.2) is 33.2 Å². The molecule has 100 valence electrons. The molecule has 18 heavy (non-hydrogen) atoms. The zero-order valence-corrected chi connectivity index (χ0v) is 11.2. The van der Waals surface area contributed by atoms with Gasteiger partial charge in [0, 0.05) is 25.1 Å². The highest BCUT2D eigenvalue weighted by Crippen LogP contribution is 2.40. The van der Waals surface area contributed by atoms with E-state index in [1.165, 1.54) is 6.42 Å². The Labute approximate surface area is 108 Å². The minimum atomic E-state index is -0.291. The lowest BCUT2D eigenvalue weighted by Gasteiger charge is -2.24. The standard InChI is InChI=1S/C14H22N2O2/c1-3-9-6-10(16(2)15-9)7-13(17)12-8-11-4-5-14(12)18-11/h6,11-14,17H,3-5,7-8H2,1-2H3. The Morgan fingerprint density at radius 2 is 2.39 bits per heavy atom. The quantitative estimate of drug-likeness (QED) is 0.880. The molecule has 0 amide bonds. The predicted octanol–water partition coefficient (Wildman–Crippen LogP) is 1.45. The van der Waals surface area contributed by atoms with Gasteiger partial charge in [-0.1, -0.05) is 6.92 Å². The number of ether oxygens (including phenoxy) is 1. The molecule has 2 aliphatic heterocycles. The topological polar surface area (TPSA) is 47.3 Å². The van der Waals surface area contributed by atoms with E-state index in [9.17, 15) is 5.11 Å². The Morgan fingerprint density at radius 3 is 2.94 bits per heavy atom. The third-order valence-corrected chi connectivity index (χ3v) is 4.46. The van der Waals surface area contributed by atoms with Crippen LogP contribution in [0.2, 0.25) is 0 Å². The van der Waals surface area contributed by atoms with E-state index in [-0.39, 0.29) is 6.10 Å². The van der Waals surface area contributed by atoms with Crippen molar-refractivity contribution in [2.45, 2.75) is 57.3 Å². The summed E-state index contributed by atoms with van der Waals surface area (Å²) in [6.45, 7) is 2.10. The van der Waals surface area contributed by atoms with Gasteiger partial charge in [-0.2, -0.15) is 5.10 Å². The fourth-order valence-electron chi connectivity index (χ4n) is 3.38. The minimum Gasteiger partial charge on any atom is -0.392 e. The molecule has 4 atom stereocenters. The molecule has 3 rings (SSSR count). The third kappa shape index (κ3) is 2.08. The van der Waals surface area contributed by atoms with Crippen molar-refractivity contribution >= 4 is 0 Å².